The van der Waals surface area contributed by atoms with Gasteiger partial charge in [-0.05, 0) is 24.3 Å². The van der Waals surface area contributed by atoms with E-state index in [2.05, 4.69) is 15.5 Å². The number of aromatic nitrogens is 5. The number of benzene rings is 2. The van der Waals surface area contributed by atoms with Crippen LogP contribution in [-0.4, -0.2) is 29.8 Å². The number of carbonyl (C=O) groups excluding carboxylic acids is 1. The minimum atomic E-state index is -0.274. The molecule has 0 bridgehead atoms. The van der Waals surface area contributed by atoms with Gasteiger partial charge in [0.1, 0.15) is 12.9 Å². The van der Waals surface area contributed by atoms with Gasteiger partial charge in [0.25, 0.3) is 0 Å². The summed E-state index contributed by atoms with van der Waals surface area (Å²) in [6.45, 7) is -0.0611. The molecule has 0 saturated carbocycles. The lowest BCUT2D eigenvalue weighted by Gasteiger charge is -2.08. The number of amides is 1. The van der Waals surface area contributed by atoms with Crippen LogP contribution in [0.4, 0.5) is 5.69 Å². The Morgan fingerprint density at radius 2 is 1.85 bits per heavy atom. The molecular formula is C19H18N6O2. The monoisotopic (exact) mass is 362 g/mol. The van der Waals surface area contributed by atoms with E-state index >= 15 is 0 Å². The van der Waals surface area contributed by atoms with E-state index in [1.807, 2.05) is 49.5 Å². The van der Waals surface area contributed by atoms with Gasteiger partial charge >= 0.3 is 5.69 Å². The van der Waals surface area contributed by atoms with Crippen molar-refractivity contribution in [3.8, 4) is 11.4 Å². The predicted octanol–water partition coefficient (Wildman–Crippen LogP) is 1.77. The molecule has 4 aromatic rings. The van der Waals surface area contributed by atoms with Crippen molar-refractivity contribution in [2.75, 3.05) is 5.32 Å². The normalized spacial score (nSPS) is 11.0. The summed E-state index contributed by atoms with van der Waals surface area (Å²) in [5.41, 5.74) is 2.77. The molecule has 0 saturated heterocycles. The maximum absolute atomic E-state index is 12.5. The SMILES string of the molecule is Cn1cnnc1-c1cccc(NC(=O)Cn2c(=O)n(C)c3ccccc32)c1. The molecular weight excluding hydrogens is 344 g/mol. The molecule has 0 aliphatic carbocycles. The fourth-order valence-electron chi connectivity index (χ4n) is 3.14. The van der Waals surface area contributed by atoms with Gasteiger partial charge in [0, 0.05) is 25.3 Å². The summed E-state index contributed by atoms with van der Waals surface area (Å²) in [6, 6.07) is 14.8. The highest BCUT2D eigenvalue weighted by atomic mass is 16.2. The van der Waals surface area contributed by atoms with Crippen molar-refractivity contribution in [3.63, 3.8) is 0 Å². The van der Waals surface area contributed by atoms with Crippen molar-refractivity contribution in [1.29, 1.82) is 0 Å². The van der Waals surface area contributed by atoms with E-state index in [0.29, 0.717) is 11.5 Å². The van der Waals surface area contributed by atoms with Crippen LogP contribution in [0.2, 0.25) is 0 Å². The van der Waals surface area contributed by atoms with Crippen LogP contribution in [0.15, 0.2) is 59.7 Å². The molecule has 136 valence electrons. The van der Waals surface area contributed by atoms with Crippen molar-refractivity contribution < 1.29 is 4.79 Å². The highest BCUT2D eigenvalue weighted by molar-refractivity contribution is 5.92. The standard InChI is InChI=1S/C19H18N6O2/c1-23-12-20-22-18(23)13-6-5-7-14(10-13)21-17(26)11-25-16-9-4-3-8-15(16)24(2)19(25)27/h3-10,12H,11H2,1-2H3,(H,21,26). The predicted molar refractivity (Wildman–Crippen MR) is 102 cm³/mol. The second kappa shape index (κ2) is 6.56. The molecule has 0 unspecified atom stereocenters. The molecule has 1 amide bonds. The first-order chi connectivity index (χ1) is 13.0. The van der Waals surface area contributed by atoms with Gasteiger partial charge in [-0.1, -0.05) is 24.3 Å². The third-order valence-electron chi connectivity index (χ3n) is 4.47. The molecule has 0 spiro atoms. The molecule has 0 radical (unpaired) electrons. The highest BCUT2D eigenvalue weighted by Gasteiger charge is 2.14. The Kier molecular flexibility index (Phi) is 4.08. The molecule has 2 aromatic carbocycles. The van der Waals surface area contributed by atoms with Gasteiger partial charge in [-0.15, -0.1) is 10.2 Å². The van der Waals surface area contributed by atoms with Crippen molar-refractivity contribution in [2.24, 2.45) is 14.1 Å². The Hall–Kier alpha value is -3.68. The zero-order chi connectivity index (χ0) is 19.0. The number of imidazole rings is 1. The summed E-state index contributed by atoms with van der Waals surface area (Å²) < 4.78 is 4.81. The van der Waals surface area contributed by atoms with Crippen LogP contribution in [-0.2, 0) is 25.4 Å². The number of fused-ring (bicyclic) bond motifs is 1. The van der Waals surface area contributed by atoms with E-state index < -0.39 is 0 Å². The average Bonchev–Trinajstić information content (AvgIpc) is 3.20. The van der Waals surface area contributed by atoms with Crippen LogP contribution in [0.1, 0.15) is 0 Å². The lowest BCUT2D eigenvalue weighted by atomic mass is 10.2. The minimum absolute atomic E-state index is 0.0611. The Bertz CT molecular complexity index is 1200. The lowest BCUT2D eigenvalue weighted by molar-refractivity contribution is -0.116. The second-order valence-corrected chi connectivity index (χ2v) is 6.31. The number of anilines is 1. The van der Waals surface area contributed by atoms with Gasteiger partial charge in [-0.3, -0.25) is 13.9 Å². The van der Waals surface area contributed by atoms with E-state index in [1.165, 1.54) is 9.13 Å². The van der Waals surface area contributed by atoms with Gasteiger partial charge in [0.05, 0.1) is 11.0 Å². The highest BCUT2D eigenvalue weighted by Crippen LogP contribution is 2.20. The number of aryl methyl sites for hydroxylation is 2. The second-order valence-electron chi connectivity index (χ2n) is 6.31. The molecule has 0 atom stereocenters. The Balaban J connectivity index is 1.59. The van der Waals surface area contributed by atoms with Gasteiger partial charge in [0.15, 0.2) is 5.82 Å². The molecule has 2 aromatic heterocycles. The first-order valence-corrected chi connectivity index (χ1v) is 8.43. The van der Waals surface area contributed by atoms with E-state index in [0.717, 1.165) is 16.6 Å². The zero-order valence-corrected chi connectivity index (χ0v) is 15.0. The average molecular weight is 362 g/mol. The zero-order valence-electron chi connectivity index (χ0n) is 15.0. The van der Waals surface area contributed by atoms with E-state index in [-0.39, 0.29) is 18.1 Å². The van der Waals surface area contributed by atoms with Gasteiger partial charge in [-0.25, -0.2) is 4.79 Å². The Labute approximate surface area is 154 Å². The molecule has 27 heavy (non-hydrogen) atoms. The molecule has 0 fully saturated rings. The quantitative estimate of drug-likeness (QED) is 0.599. The summed E-state index contributed by atoms with van der Waals surface area (Å²) in [7, 11) is 3.55. The summed E-state index contributed by atoms with van der Waals surface area (Å²) in [6.07, 6.45) is 1.62. The van der Waals surface area contributed by atoms with Crippen LogP contribution in [0.3, 0.4) is 0 Å². The molecule has 1 N–H and O–H groups in total. The molecule has 4 rings (SSSR count). The van der Waals surface area contributed by atoms with Crippen molar-refractivity contribution >= 4 is 22.6 Å². The van der Waals surface area contributed by atoms with Crippen LogP contribution in [0, 0.1) is 0 Å². The summed E-state index contributed by atoms with van der Waals surface area (Å²) in [5, 5.41) is 10.8. The fourth-order valence-corrected chi connectivity index (χ4v) is 3.14. The molecule has 8 heteroatoms. The number of nitrogens with zero attached hydrogens (tertiary/aromatic N) is 5. The van der Waals surface area contributed by atoms with Crippen molar-refractivity contribution in [2.45, 2.75) is 6.54 Å². The van der Waals surface area contributed by atoms with Gasteiger partial charge < -0.3 is 9.88 Å². The number of carbonyl (C=O) groups is 1. The molecule has 0 aliphatic rings. The van der Waals surface area contributed by atoms with Crippen molar-refractivity contribution in [3.05, 3.63) is 65.3 Å². The van der Waals surface area contributed by atoms with E-state index in [1.54, 1.807) is 24.0 Å². The number of para-hydroxylation sites is 2. The first-order valence-electron chi connectivity index (χ1n) is 8.43. The maximum Gasteiger partial charge on any atom is 0.329 e. The smallest absolute Gasteiger partial charge is 0.325 e. The summed E-state index contributed by atoms with van der Waals surface area (Å²) in [4.78, 5) is 25.0. The van der Waals surface area contributed by atoms with Gasteiger partial charge in [0.2, 0.25) is 5.91 Å². The Morgan fingerprint density at radius 3 is 2.59 bits per heavy atom. The third kappa shape index (κ3) is 3.01. The minimum Gasteiger partial charge on any atom is -0.325 e. The van der Waals surface area contributed by atoms with E-state index in [4.69, 9.17) is 0 Å². The Morgan fingerprint density at radius 1 is 1.07 bits per heavy atom. The third-order valence-corrected chi connectivity index (χ3v) is 4.47. The molecule has 0 aliphatic heterocycles. The molecule has 2 heterocycles. The topological polar surface area (TPSA) is 86.7 Å². The number of nitrogens with one attached hydrogen (secondary N) is 1. The van der Waals surface area contributed by atoms with Crippen LogP contribution in [0.25, 0.3) is 22.4 Å². The summed E-state index contributed by atoms with van der Waals surface area (Å²) in [5.74, 6) is 0.431. The number of rotatable bonds is 4. The van der Waals surface area contributed by atoms with Crippen molar-refractivity contribution in [1.82, 2.24) is 23.9 Å². The van der Waals surface area contributed by atoms with Gasteiger partial charge in [-0.2, -0.15) is 0 Å². The van der Waals surface area contributed by atoms with Crippen LogP contribution in [0.5, 0.6) is 0 Å². The van der Waals surface area contributed by atoms with Crippen LogP contribution >= 0.6 is 0 Å². The number of hydrogen-bond donors (Lipinski definition) is 1. The fraction of sp³-hybridized carbons (Fsp3) is 0.158. The largest absolute Gasteiger partial charge is 0.329 e. The maximum atomic E-state index is 12.5. The van der Waals surface area contributed by atoms with Crippen LogP contribution < -0.4 is 11.0 Å². The lowest BCUT2D eigenvalue weighted by Crippen LogP contribution is -2.28. The molecule has 8 nitrogen and oxygen atoms in total. The first kappa shape index (κ1) is 16.8. The number of hydrogen-bond acceptors (Lipinski definition) is 4. The van der Waals surface area contributed by atoms with E-state index in [9.17, 15) is 9.59 Å². The summed E-state index contributed by atoms with van der Waals surface area (Å²) >= 11 is 0.